The van der Waals surface area contributed by atoms with Crippen molar-refractivity contribution in [2.45, 2.75) is 50.8 Å². The fraction of sp³-hybridized carbons (Fsp3) is 0.310. The molecular formula is C29H32F2N6O2S. The van der Waals surface area contributed by atoms with E-state index in [1.807, 2.05) is 25.3 Å². The number of nitrogens with zero attached hydrogens (tertiary/aromatic N) is 3. The molecule has 0 spiro atoms. The normalized spacial score (nSPS) is 15.9. The molecule has 2 heterocycles. The van der Waals surface area contributed by atoms with Gasteiger partial charge in [-0.3, -0.25) is 9.12 Å². The van der Waals surface area contributed by atoms with Crippen molar-refractivity contribution in [3.8, 4) is 11.3 Å². The summed E-state index contributed by atoms with van der Waals surface area (Å²) in [5.74, 6) is -0.943. The Morgan fingerprint density at radius 1 is 1.15 bits per heavy atom. The van der Waals surface area contributed by atoms with Gasteiger partial charge in [0.05, 0.1) is 23.3 Å². The average Bonchev–Trinajstić information content (AvgIpc) is 3.32. The third-order valence-corrected chi connectivity index (χ3v) is 8.42. The highest BCUT2D eigenvalue weighted by atomic mass is 32.2. The number of rotatable bonds is 8. The lowest BCUT2D eigenvalue weighted by atomic mass is 9.93. The first-order valence-corrected chi connectivity index (χ1v) is 14.8. The number of sulfonamides is 1. The van der Waals surface area contributed by atoms with Crippen LogP contribution < -0.4 is 15.8 Å². The Kier molecular flexibility index (Phi) is 7.61. The van der Waals surface area contributed by atoms with Crippen molar-refractivity contribution < 1.29 is 17.2 Å². The van der Waals surface area contributed by atoms with Gasteiger partial charge in [0.1, 0.15) is 34.5 Å². The van der Waals surface area contributed by atoms with Crippen LogP contribution in [0.25, 0.3) is 22.3 Å². The quantitative estimate of drug-likeness (QED) is 0.260. The van der Waals surface area contributed by atoms with Gasteiger partial charge in [0.15, 0.2) is 0 Å². The second-order valence-corrected chi connectivity index (χ2v) is 12.0. The van der Waals surface area contributed by atoms with Crippen LogP contribution in [0.5, 0.6) is 0 Å². The second kappa shape index (κ2) is 11.0. The van der Waals surface area contributed by atoms with Gasteiger partial charge in [0.25, 0.3) is 0 Å². The lowest BCUT2D eigenvalue weighted by Crippen LogP contribution is -2.26. The molecule has 0 radical (unpaired) electrons. The van der Waals surface area contributed by atoms with Crippen LogP contribution >= 0.6 is 0 Å². The number of imidazole rings is 1. The largest absolute Gasteiger partial charge is 0.382 e. The van der Waals surface area contributed by atoms with Crippen LogP contribution in [-0.2, 0) is 15.8 Å². The molecule has 4 N–H and O–H groups in total. The number of benzene rings is 2. The molecule has 2 aromatic heterocycles. The van der Waals surface area contributed by atoms with Crippen molar-refractivity contribution >= 4 is 32.6 Å². The summed E-state index contributed by atoms with van der Waals surface area (Å²) in [5.41, 5.74) is 9.40. The van der Waals surface area contributed by atoms with Gasteiger partial charge >= 0.3 is 0 Å². The Labute approximate surface area is 232 Å². The van der Waals surface area contributed by atoms with Gasteiger partial charge in [-0.2, -0.15) is 0 Å². The number of anilines is 2. The standard InChI is InChI=1S/C29H32F2N6O2S/c1-17(2)29-35-26(27-28(32)34-15-25(37(27)29)18-8-10-20(33-3)11-9-18)22-13-12-21(14-24(22)31)36-40(38,39)16-19-6-4-5-7-23(19)30/h4-8,12-15,17,20,33,36H,9-11,16H2,1-3H3,(H2,32,34). The van der Waals surface area contributed by atoms with E-state index in [1.165, 1.54) is 30.3 Å². The molecule has 0 saturated heterocycles. The minimum atomic E-state index is -3.99. The highest BCUT2D eigenvalue weighted by Gasteiger charge is 2.25. The molecular weight excluding hydrogens is 534 g/mol. The number of nitrogens with two attached hydrogens (primary N) is 1. The van der Waals surface area contributed by atoms with Gasteiger partial charge in [-0.15, -0.1) is 0 Å². The Morgan fingerprint density at radius 3 is 2.58 bits per heavy atom. The number of nitrogens with one attached hydrogen (secondary N) is 2. The van der Waals surface area contributed by atoms with Gasteiger partial charge in [-0.25, -0.2) is 27.2 Å². The maximum absolute atomic E-state index is 15.6. The number of allylic oxidation sites excluding steroid dienone is 1. The maximum atomic E-state index is 15.6. The highest BCUT2D eigenvalue weighted by molar-refractivity contribution is 7.91. The first-order chi connectivity index (χ1) is 19.1. The summed E-state index contributed by atoms with van der Waals surface area (Å²) in [5, 5.41) is 3.32. The van der Waals surface area contributed by atoms with E-state index in [0.717, 1.165) is 42.4 Å². The smallest absolute Gasteiger partial charge is 0.237 e. The minimum absolute atomic E-state index is 0.00331. The zero-order valence-electron chi connectivity index (χ0n) is 22.6. The predicted octanol–water partition coefficient (Wildman–Crippen LogP) is 5.48. The highest BCUT2D eigenvalue weighted by Crippen LogP contribution is 2.37. The van der Waals surface area contributed by atoms with E-state index in [2.05, 4.69) is 21.1 Å². The van der Waals surface area contributed by atoms with Crippen LogP contribution in [0.3, 0.4) is 0 Å². The fourth-order valence-electron chi connectivity index (χ4n) is 5.10. The molecule has 0 fully saturated rings. The SMILES string of the molecule is CNC1CC=C(c2cnc(N)c3c(-c4ccc(NS(=O)(=O)Cc5ccccc5F)cc4F)nc(C(C)C)n23)CC1. The molecule has 0 aliphatic heterocycles. The Morgan fingerprint density at radius 2 is 1.93 bits per heavy atom. The fourth-order valence-corrected chi connectivity index (χ4v) is 6.31. The molecule has 8 nitrogen and oxygen atoms in total. The number of nitrogen functional groups attached to an aromatic ring is 1. The summed E-state index contributed by atoms with van der Waals surface area (Å²) in [7, 11) is -2.04. The van der Waals surface area contributed by atoms with Crippen molar-refractivity contribution in [1.82, 2.24) is 19.7 Å². The van der Waals surface area contributed by atoms with E-state index in [-0.39, 0.29) is 28.6 Å². The van der Waals surface area contributed by atoms with Gasteiger partial charge in [0.2, 0.25) is 10.0 Å². The van der Waals surface area contributed by atoms with Crippen LogP contribution in [0.2, 0.25) is 0 Å². The van der Waals surface area contributed by atoms with E-state index in [9.17, 15) is 12.8 Å². The molecule has 1 unspecified atom stereocenters. The molecule has 2 aromatic carbocycles. The molecule has 1 aliphatic carbocycles. The molecule has 0 bridgehead atoms. The van der Waals surface area contributed by atoms with Gasteiger partial charge in [-0.1, -0.05) is 38.1 Å². The summed E-state index contributed by atoms with van der Waals surface area (Å²) >= 11 is 0. The van der Waals surface area contributed by atoms with Crippen LogP contribution in [0.1, 0.15) is 56.1 Å². The van der Waals surface area contributed by atoms with E-state index in [1.54, 1.807) is 12.3 Å². The van der Waals surface area contributed by atoms with Gasteiger partial charge < -0.3 is 11.1 Å². The Bertz CT molecular complexity index is 1720. The second-order valence-electron chi connectivity index (χ2n) is 10.3. The summed E-state index contributed by atoms with van der Waals surface area (Å²) < 4.78 is 59.2. The molecule has 4 aromatic rings. The van der Waals surface area contributed by atoms with E-state index in [4.69, 9.17) is 10.7 Å². The molecule has 40 heavy (non-hydrogen) atoms. The van der Waals surface area contributed by atoms with Crippen LogP contribution in [-0.4, -0.2) is 35.9 Å². The number of halogens is 2. The maximum Gasteiger partial charge on any atom is 0.237 e. The van der Waals surface area contributed by atoms with Crippen LogP contribution in [0.4, 0.5) is 20.3 Å². The van der Waals surface area contributed by atoms with Crippen LogP contribution in [0.15, 0.2) is 54.7 Å². The third kappa shape index (κ3) is 5.44. The Hall–Kier alpha value is -3.83. The molecule has 0 amide bonds. The lowest BCUT2D eigenvalue weighted by molar-refractivity contribution is 0.522. The molecule has 1 aliphatic rings. The number of hydrogen-bond acceptors (Lipinski definition) is 6. The molecule has 1 atom stereocenters. The van der Waals surface area contributed by atoms with Gasteiger partial charge in [0, 0.05) is 23.1 Å². The summed E-state index contributed by atoms with van der Waals surface area (Å²) in [6.45, 7) is 4.02. The van der Waals surface area contributed by atoms with E-state index < -0.39 is 27.4 Å². The van der Waals surface area contributed by atoms with E-state index >= 15 is 4.39 Å². The third-order valence-electron chi connectivity index (χ3n) is 7.18. The summed E-state index contributed by atoms with van der Waals surface area (Å²) in [4.78, 5) is 9.26. The van der Waals surface area contributed by atoms with Crippen molar-refractivity contribution in [1.29, 1.82) is 0 Å². The van der Waals surface area contributed by atoms with Crippen molar-refractivity contribution in [2.24, 2.45) is 0 Å². The summed E-state index contributed by atoms with van der Waals surface area (Å²) in [6.07, 6.45) is 6.67. The zero-order valence-corrected chi connectivity index (χ0v) is 23.4. The topological polar surface area (TPSA) is 114 Å². The van der Waals surface area contributed by atoms with E-state index in [0.29, 0.717) is 17.3 Å². The average molecular weight is 567 g/mol. The molecule has 11 heteroatoms. The number of aromatic nitrogens is 3. The monoisotopic (exact) mass is 566 g/mol. The predicted molar refractivity (Wildman–Crippen MR) is 154 cm³/mol. The molecule has 210 valence electrons. The minimum Gasteiger partial charge on any atom is -0.382 e. The first-order valence-electron chi connectivity index (χ1n) is 13.1. The van der Waals surface area contributed by atoms with Crippen molar-refractivity contribution in [3.05, 3.63) is 83.5 Å². The zero-order chi connectivity index (χ0) is 28.6. The Balaban J connectivity index is 1.53. The number of fused-ring (bicyclic) bond motifs is 1. The first kappa shape index (κ1) is 27.7. The number of hydrogen-bond donors (Lipinski definition) is 3. The summed E-state index contributed by atoms with van der Waals surface area (Å²) in [6, 6.07) is 10.0. The van der Waals surface area contributed by atoms with Crippen LogP contribution in [0, 0.1) is 11.6 Å². The lowest BCUT2D eigenvalue weighted by Gasteiger charge is -2.22. The molecule has 0 saturated carbocycles. The molecule has 5 rings (SSSR count). The van der Waals surface area contributed by atoms with Crippen molar-refractivity contribution in [3.63, 3.8) is 0 Å². The van der Waals surface area contributed by atoms with Crippen molar-refractivity contribution in [2.75, 3.05) is 17.5 Å². The van der Waals surface area contributed by atoms with Gasteiger partial charge in [-0.05, 0) is 56.1 Å².